The van der Waals surface area contributed by atoms with Gasteiger partial charge < -0.3 is 20.8 Å². The average Bonchev–Trinajstić information content (AvgIpc) is 3.14. The van der Waals surface area contributed by atoms with Crippen molar-refractivity contribution in [3.8, 4) is 5.75 Å². The quantitative estimate of drug-likeness (QED) is 0.455. The number of aliphatic hydroxyl groups is 1. The molecule has 4 N–H and O–H groups in total. The molecule has 166 valence electrons. The molecule has 0 saturated carbocycles. The molecular formula is C21H26FN5O3S. The van der Waals surface area contributed by atoms with Gasteiger partial charge in [-0.2, -0.15) is 4.36 Å². The standard InChI is InChI=1S/C17H17FN4O2S.C4H9NO/c1-10-6-12(22-25(2,3)24)8-14-16(10)17(20-9-19-14)21-13-5-4-11(18)7-15(13)23;6-4-1-2-5-3-4/h4-9,23H,1-3H3,(H,19,20,21);4-6H,1-3H2. The van der Waals surface area contributed by atoms with Crippen LogP contribution in [0.1, 0.15) is 12.0 Å². The van der Waals surface area contributed by atoms with Crippen LogP contribution in [0.4, 0.5) is 21.6 Å². The summed E-state index contributed by atoms with van der Waals surface area (Å²) in [7, 11) is -2.28. The molecule has 4 rings (SSSR count). The Labute approximate surface area is 180 Å². The van der Waals surface area contributed by atoms with E-state index in [2.05, 4.69) is 25.0 Å². The van der Waals surface area contributed by atoms with E-state index in [1.165, 1.54) is 18.5 Å². The second kappa shape index (κ2) is 9.54. The maximum atomic E-state index is 13.1. The molecule has 1 aliphatic heterocycles. The SMILES string of the molecule is Cc1cc(N=S(C)(C)=O)cc2ncnc(Nc3ccc(F)cc3O)c12.OC1CCNC1. The fraction of sp³-hybridized carbons (Fsp3) is 0.333. The van der Waals surface area contributed by atoms with Crippen molar-refractivity contribution in [2.45, 2.75) is 19.4 Å². The first-order chi connectivity index (χ1) is 14.6. The summed E-state index contributed by atoms with van der Waals surface area (Å²) in [4.78, 5) is 8.46. The molecule has 1 aliphatic rings. The highest BCUT2D eigenvalue weighted by molar-refractivity contribution is 7.92. The van der Waals surface area contributed by atoms with Crippen LogP contribution in [0.2, 0.25) is 0 Å². The van der Waals surface area contributed by atoms with Gasteiger partial charge in [-0.25, -0.2) is 18.6 Å². The van der Waals surface area contributed by atoms with Gasteiger partial charge in [-0.15, -0.1) is 0 Å². The Balaban J connectivity index is 0.000000391. The van der Waals surface area contributed by atoms with E-state index in [1.807, 2.05) is 6.92 Å². The van der Waals surface area contributed by atoms with Gasteiger partial charge in [0.25, 0.3) is 0 Å². The van der Waals surface area contributed by atoms with Gasteiger partial charge in [0.1, 0.15) is 23.7 Å². The number of nitrogens with one attached hydrogen (secondary N) is 2. The molecule has 0 bridgehead atoms. The first-order valence-electron chi connectivity index (χ1n) is 9.69. The summed E-state index contributed by atoms with van der Waals surface area (Å²) >= 11 is 0. The number of β-amino-alcohol motifs (C(OH)–C–C–N with tert-alkyl or cyclic N) is 1. The minimum absolute atomic E-state index is 0.0648. The van der Waals surface area contributed by atoms with Crippen LogP contribution >= 0.6 is 0 Å². The van der Waals surface area contributed by atoms with Crippen molar-refractivity contribution in [1.82, 2.24) is 15.3 Å². The minimum atomic E-state index is -2.28. The molecule has 1 aromatic heterocycles. The summed E-state index contributed by atoms with van der Waals surface area (Å²) in [5.74, 6) is -0.266. The number of halogens is 1. The zero-order chi connectivity index (χ0) is 22.6. The van der Waals surface area contributed by atoms with Crippen LogP contribution in [-0.4, -0.2) is 56.1 Å². The molecule has 3 aromatic rings. The first kappa shape index (κ1) is 22.9. The molecule has 10 heteroatoms. The molecular weight excluding hydrogens is 421 g/mol. The Morgan fingerprint density at radius 2 is 2.03 bits per heavy atom. The van der Waals surface area contributed by atoms with E-state index in [0.717, 1.165) is 36.5 Å². The van der Waals surface area contributed by atoms with Crippen LogP contribution in [0.25, 0.3) is 10.9 Å². The largest absolute Gasteiger partial charge is 0.506 e. The topological polar surface area (TPSA) is 120 Å². The molecule has 0 spiro atoms. The third-order valence-corrected chi connectivity index (χ3v) is 5.14. The van der Waals surface area contributed by atoms with Crippen LogP contribution in [0.15, 0.2) is 41.0 Å². The lowest BCUT2D eigenvalue weighted by Gasteiger charge is -2.12. The molecule has 1 fully saturated rings. The van der Waals surface area contributed by atoms with Gasteiger partial charge in [0.2, 0.25) is 0 Å². The summed E-state index contributed by atoms with van der Waals surface area (Å²) in [5, 5.41) is 25.3. The molecule has 0 aliphatic carbocycles. The summed E-state index contributed by atoms with van der Waals surface area (Å²) in [6.07, 6.45) is 5.38. The first-order valence-corrected chi connectivity index (χ1v) is 12.0. The number of phenols is 1. The number of phenolic OH excluding ortho intramolecular Hbond substituents is 1. The van der Waals surface area contributed by atoms with E-state index in [1.54, 1.807) is 24.6 Å². The molecule has 1 saturated heterocycles. The number of aliphatic hydroxyl groups excluding tert-OH is 1. The maximum absolute atomic E-state index is 13.1. The van der Waals surface area contributed by atoms with Gasteiger partial charge in [0.15, 0.2) is 0 Å². The molecule has 2 heterocycles. The van der Waals surface area contributed by atoms with Crippen molar-refractivity contribution < 1.29 is 18.8 Å². The number of hydrogen-bond acceptors (Lipinski definition) is 8. The lowest BCUT2D eigenvalue weighted by molar-refractivity contribution is 0.196. The Morgan fingerprint density at radius 1 is 1.26 bits per heavy atom. The molecule has 1 atom stereocenters. The predicted molar refractivity (Wildman–Crippen MR) is 121 cm³/mol. The molecule has 1 unspecified atom stereocenters. The van der Waals surface area contributed by atoms with Crippen molar-refractivity contribution in [2.75, 3.05) is 30.9 Å². The third kappa shape index (κ3) is 6.33. The normalized spacial score (nSPS) is 16.0. The number of hydrogen-bond donors (Lipinski definition) is 4. The highest BCUT2D eigenvalue weighted by Gasteiger charge is 2.11. The fourth-order valence-electron chi connectivity index (χ4n) is 3.15. The van der Waals surface area contributed by atoms with Gasteiger partial charge in [-0.05, 0) is 49.7 Å². The number of aryl methyl sites for hydroxylation is 1. The monoisotopic (exact) mass is 447 g/mol. The number of aromatic hydroxyl groups is 1. The van der Waals surface area contributed by atoms with E-state index in [-0.39, 0.29) is 11.9 Å². The van der Waals surface area contributed by atoms with E-state index < -0.39 is 15.5 Å². The van der Waals surface area contributed by atoms with E-state index in [9.17, 15) is 13.7 Å². The van der Waals surface area contributed by atoms with Crippen LogP contribution < -0.4 is 10.6 Å². The third-order valence-electron chi connectivity index (χ3n) is 4.49. The fourth-order valence-corrected chi connectivity index (χ4v) is 3.77. The highest BCUT2D eigenvalue weighted by atomic mass is 32.2. The van der Waals surface area contributed by atoms with Crippen molar-refractivity contribution in [1.29, 1.82) is 0 Å². The van der Waals surface area contributed by atoms with Crippen LogP contribution in [0.3, 0.4) is 0 Å². The zero-order valence-corrected chi connectivity index (χ0v) is 18.4. The van der Waals surface area contributed by atoms with Gasteiger partial charge in [0, 0.05) is 40.2 Å². The van der Waals surface area contributed by atoms with Crippen LogP contribution in [0.5, 0.6) is 5.75 Å². The Bertz CT molecular complexity index is 1200. The molecule has 31 heavy (non-hydrogen) atoms. The molecule has 0 amide bonds. The summed E-state index contributed by atoms with van der Waals surface area (Å²) < 4.78 is 29.2. The zero-order valence-electron chi connectivity index (χ0n) is 17.6. The second-order valence-electron chi connectivity index (χ2n) is 7.58. The summed E-state index contributed by atoms with van der Waals surface area (Å²) in [6, 6.07) is 7.23. The minimum Gasteiger partial charge on any atom is -0.506 e. The second-order valence-corrected chi connectivity index (χ2v) is 10.1. The average molecular weight is 448 g/mol. The summed E-state index contributed by atoms with van der Waals surface area (Å²) in [6.45, 7) is 3.65. The highest BCUT2D eigenvalue weighted by Crippen LogP contribution is 2.33. The molecule has 8 nitrogen and oxygen atoms in total. The number of benzene rings is 2. The molecule has 2 aromatic carbocycles. The van der Waals surface area contributed by atoms with Crippen LogP contribution in [0, 0.1) is 12.7 Å². The predicted octanol–water partition coefficient (Wildman–Crippen LogP) is 3.23. The number of fused-ring (bicyclic) bond motifs is 1. The van der Waals surface area contributed by atoms with Crippen molar-refractivity contribution in [3.05, 3.63) is 48.0 Å². The van der Waals surface area contributed by atoms with Gasteiger partial charge >= 0.3 is 0 Å². The molecule has 0 radical (unpaired) electrons. The van der Waals surface area contributed by atoms with Crippen LogP contribution in [-0.2, 0) is 9.73 Å². The Kier molecular flexibility index (Phi) is 7.04. The van der Waals surface area contributed by atoms with Gasteiger partial charge in [-0.3, -0.25) is 0 Å². The van der Waals surface area contributed by atoms with Gasteiger partial charge in [0.05, 0.1) is 23.0 Å². The number of anilines is 2. The lowest BCUT2D eigenvalue weighted by atomic mass is 10.1. The summed E-state index contributed by atoms with van der Waals surface area (Å²) in [5.41, 5.74) is 2.38. The van der Waals surface area contributed by atoms with E-state index >= 15 is 0 Å². The number of nitrogens with zero attached hydrogens (tertiary/aromatic N) is 3. The van der Waals surface area contributed by atoms with Crippen molar-refractivity contribution in [2.24, 2.45) is 4.36 Å². The van der Waals surface area contributed by atoms with Gasteiger partial charge in [-0.1, -0.05) is 0 Å². The maximum Gasteiger partial charge on any atom is 0.142 e. The number of rotatable bonds is 3. The number of aromatic nitrogens is 2. The Morgan fingerprint density at radius 3 is 2.61 bits per heavy atom. The van der Waals surface area contributed by atoms with Crippen molar-refractivity contribution in [3.63, 3.8) is 0 Å². The smallest absolute Gasteiger partial charge is 0.142 e. The van der Waals surface area contributed by atoms with E-state index in [0.29, 0.717) is 22.7 Å². The lowest BCUT2D eigenvalue weighted by Crippen LogP contribution is -2.11. The van der Waals surface area contributed by atoms with E-state index in [4.69, 9.17) is 5.11 Å². The Hall–Kier alpha value is -2.82. The van der Waals surface area contributed by atoms with Crippen molar-refractivity contribution >= 4 is 37.8 Å².